The van der Waals surface area contributed by atoms with Crippen LogP contribution in [0.1, 0.15) is 17.1 Å². The number of ether oxygens (including phenoxy) is 1. The van der Waals surface area contributed by atoms with Crippen LogP contribution in [0.3, 0.4) is 0 Å². The van der Waals surface area contributed by atoms with E-state index in [1.54, 1.807) is 24.3 Å². The van der Waals surface area contributed by atoms with E-state index in [2.05, 4.69) is 20.6 Å². The molecule has 2 amide bonds. The van der Waals surface area contributed by atoms with Crippen LogP contribution in [0.15, 0.2) is 50.8 Å². The van der Waals surface area contributed by atoms with E-state index in [9.17, 15) is 18.0 Å². The number of hydrazone groups is 1. The van der Waals surface area contributed by atoms with Crippen molar-refractivity contribution in [1.29, 1.82) is 0 Å². The quantitative estimate of drug-likeness (QED) is 0.230. The summed E-state index contributed by atoms with van der Waals surface area (Å²) in [5, 5.41) is 5.96. The molecule has 1 aromatic heterocycles. The summed E-state index contributed by atoms with van der Waals surface area (Å²) >= 11 is 0. The Kier molecular flexibility index (Phi) is 8.07. The van der Waals surface area contributed by atoms with Crippen molar-refractivity contribution in [2.75, 3.05) is 20.3 Å². The Labute approximate surface area is 168 Å². The predicted molar refractivity (Wildman–Crippen MR) is 105 cm³/mol. The molecular formula is C18H22N4O6S. The van der Waals surface area contributed by atoms with Gasteiger partial charge in [-0.2, -0.15) is 5.10 Å². The highest BCUT2D eigenvalue weighted by Gasteiger charge is 2.14. The Bertz CT molecular complexity index is 966. The Morgan fingerprint density at radius 3 is 2.55 bits per heavy atom. The van der Waals surface area contributed by atoms with Gasteiger partial charge in [-0.3, -0.25) is 9.59 Å². The molecular weight excluding hydrogens is 400 g/mol. The third-order valence-electron chi connectivity index (χ3n) is 3.61. The van der Waals surface area contributed by atoms with E-state index in [4.69, 9.17) is 9.15 Å². The molecule has 3 N–H and O–H groups in total. The largest absolute Gasteiger partial charge is 0.459 e. The van der Waals surface area contributed by atoms with Gasteiger partial charge in [0.2, 0.25) is 10.0 Å². The zero-order valence-electron chi connectivity index (χ0n) is 16.0. The average Bonchev–Trinajstić information content (AvgIpc) is 3.14. The van der Waals surface area contributed by atoms with Crippen LogP contribution in [-0.2, 0) is 30.9 Å². The molecule has 11 heteroatoms. The van der Waals surface area contributed by atoms with Crippen molar-refractivity contribution in [1.82, 2.24) is 15.5 Å². The summed E-state index contributed by atoms with van der Waals surface area (Å²) in [5.41, 5.74) is 3.01. The number of rotatable bonds is 9. The van der Waals surface area contributed by atoms with E-state index in [-0.39, 0.29) is 30.4 Å². The molecule has 29 heavy (non-hydrogen) atoms. The second kappa shape index (κ2) is 10.5. The fraction of sp³-hybridized carbons (Fsp3) is 0.278. The van der Waals surface area contributed by atoms with Crippen molar-refractivity contribution in [3.05, 3.63) is 53.5 Å². The highest BCUT2D eigenvalue weighted by molar-refractivity contribution is 7.89. The molecule has 0 bridgehead atoms. The van der Waals surface area contributed by atoms with E-state index in [0.717, 1.165) is 5.56 Å². The van der Waals surface area contributed by atoms with Crippen molar-refractivity contribution >= 4 is 28.1 Å². The fourth-order valence-electron chi connectivity index (χ4n) is 2.08. The van der Waals surface area contributed by atoms with Crippen LogP contribution in [0.5, 0.6) is 0 Å². The van der Waals surface area contributed by atoms with E-state index < -0.39 is 21.8 Å². The maximum Gasteiger partial charge on any atom is 0.329 e. The number of sulfonamides is 1. The van der Waals surface area contributed by atoms with Gasteiger partial charge in [0.15, 0.2) is 0 Å². The summed E-state index contributed by atoms with van der Waals surface area (Å²) in [5.74, 6) is -1.15. The lowest BCUT2D eigenvalue weighted by Gasteiger charge is -2.05. The predicted octanol–water partition coefficient (Wildman–Crippen LogP) is 0.279. The van der Waals surface area contributed by atoms with E-state index in [0.29, 0.717) is 5.76 Å². The third-order valence-corrected chi connectivity index (χ3v) is 5.02. The summed E-state index contributed by atoms with van der Waals surface area (Å²) in [4.78, 5) is 23.1. The molecule has 1 heterocycles. The molecule has 0 radical (unpaired) electrons. The SMILES string of the molecule is COCCNC(=O)C(=O)N/N=C/c1ccc(CNS(=O)(=O)c2ccc(C)cc2)o1. The summed E-state index contributed by atoms with van der Waals surface area (Å²) in [6.07, 6.45) is 1.19. The second-order valence-corrected chi connectivity index (χ2v) is 7.66. The van der Waals surface area contributed by atoms with Gasteiger partial charge in [-0.15, -0.1) is 0 Å². The summed E-state index contributed by atoms with van der Waals surface area (Å²) in [7, 11) is -2.19. The van der Waals surface area contributed by atoms with Crippen LogP contribution in [0.2, 0.25) is 0 Å². The Hall–Kier alpha value is -3.02. The first-order valence-electron chi connectivity index (χ1n) is 8.57. The molecule has 0 spiro atoms. The van der Waals surface area contributed by atoms with Crippen LogP contribution in [-0.4, -0.2) is 46.7 Å². The molecule has 0 unspecified atom stereocenters. The molecule has 1 aromatic carbocycles. The number of furan rings is 1. The molecule has 156 valence electrons. The Morgan fingerprint density at radius 2 is 1.86 bits per heavy atom. The van der Waals surface area contributed by atoms with Crippen molar-refractivity contribution in [3.63, 3.8) is 0 Å². The number of nitrogens with zero attached hydrogens (tertiary/aromatic N) is 1. The number of hydrogen-bond acceptors (Lipinski definition) is 7. The van der Waals surface area contributed by atoms with Gasteiger partial charge >= 0.3 is 11.8 Å². The topological polar surface area (TPSA) is 139 Å². The van der Waals surface area contributed by atoms with Gasteiger partial charge in [0.25, 0.3) is 0 Å². The number of carbonyl (C=O) groups excluding carboxylic acids is 2. The summed E-state index contributed by atoms with van der Waals surface area (Å²) in [6, 6.07) is 9.57. The lowest BCUT2D eigenvalue weighted by molar-refractivity contribution is -0.139. The lowest BCUT2D eigenvalue weighted by atomic mass is 10.2. The van der Waals surface area contributed by atoms with Crippen LogP contribution >= 0.6 is 0 Å². The maximum absolute atomic E-state index is 12.3. The number of nitrogens with one attached hydrogen (secondary N) is 3. The molecule has 0 atom stereocenters. The minimum Gasteiger partial charge on any atom is -0.459 e. The molecule has 0 aliphatic rings. The Balaban J connectivity index is 1.84. The van der Waals surface area contributed by atoms with Crippen molar-refractivity contribution in [2.45, 2.75) is 18.4 Å². The normalized spacial score (nSPS) is 11.5. The highest BCUT2D eigenvalue weighted by atomic mass is 32.2. The van der Waals surface area contributed by atoms with Crippen molar-refractivity contribution in [2.24, 2.45) is 5.10 Å². The zero-order valence-corrected chi connectivity index (χ0v) is 16.8. The molecule has 10 nitrogen and oxygen atoms in total. The van der Waals surface area contributed by atoms with Gasteiger partial charge in [-0.1, -0.05) is 17.7 Å². The molecule has 0 saturated carbocycles. The minimum atomic E-state index is -3.67. The fourth-order valence-corrected chi connectivity index (χ4v) is 3.07. The molecule has 0 fully saturated rings. The number of carbonyl (C=O) groups is 2. The van der Waals surface area contributed by atoms with Gasteiger partial charge in [-0.05, 0) is 31.2 Å². The van der Waals surface area contributed by atoms with Gasteiger partial charge in [-0.25, -0.2) is 18.6 Å². The second-order valence-electron chi connectivity index (χ2n) is 5.89. The standard InChI is InChI=1S/C18H22N4O6S/c1-13-3-7-16(8-4-13)29(25,26)21-12-15-6-5-14(28-15)11-20-22-18(24)17(23)19-9-10-27-2/h3-8,11,21H,9-10,12H2,1-2H3,(H,19,23)(H,22,24)/b20-11+. The minimum absolute atomic E-state index is 0.0572. The molecule has 0 aliphatic heterocycles. The zero-order chi connectivity index (χ0) is 21.3. The van der Waals surface area contributed by atoms with Crippen LogP contribution in [0, 0.1) is 6.92 Å². The first kappa shape index (κ1) is 22.3. The van der Waals surface area contributed by atoms with Crippen LogP contribution < -0.4 is 15.5 Å². The molecule has 0 aliphatic carbocycles. The Morgan fingerprint density at radius 1 is 1.14 bits per heavy atom. The number of amides is 2. The average molecular weight is 422 g/mol. The summed E-state index contributed by atoms with van der Waals surface area (Å²) < 4.78 is 37.1. The van der Waals surface area contributed by atoms with Crippen molar-refractivity contribution < 1.29 is 27.2 Å². The van der Waals surface area contributed by atoms with Crippen LogP contribution in [0.25, 0.3) is 0 Å². The lowest BCUT2D eigenvalue weighted by Crippen LogP contribution is -2.39. The van der Waals surface area contributed by atoms with E-state index >= 15 is 0 Å². The van der Waals surface area contributed by atoms with Crippen LogP contribution in [0.4, 0.5) is 0 Å². The third kappa shape index (κ3) is 7.14. The number of benzene rings is 1. The molecule has 0 saturated heterocycles. The number of methoxy groups -OCH3 is 1. The summed E-state index contributed by atoms with van der Waals surface area (Å²) in [6.45, 7) is 2.29. The first-order valence-corrected chi connectivity index (χ1v) is 10.1. The van der Waals surface area contributed by atoms with E-state index in [1.807, 2.05) is 6.92 Å². The first-order chi connectivity index (χ1) is 13.8. The molecule has 2 rings (SSSR count). The monoisotopic (exact) mass is 422 g/mol. The van der Waals surface area contributed by atoms with Gasteiger partial charge < -0.3 is 14.5 Å². The van der Waals surface area contributed by atoms with Gasteiger partial charge in [0.1, 0.15) is 11.5 Å². The number of aryl methyl sites for hydroxylation is 1. The highest BCUT2D eigenvalue weighted by Crippen LogP contribution is 2.12. The smallest absolute Gasteiger partial charge is 0.329 e. The number of hydrogen-bond donors (Lipinski definition) is 3. The van der Waals surface area contributed by atoms with Gasteiger partial charge in [0, 0.05) is 13.7 Å². The molecule has 2 aromatic rings. The maximum atomic E-state index is 12.3. The van der Waals surface area contributed by atoms with Gasteiger partial charge in [0.05, 0.1) is 24.3 Å². The van der Waals surface area contributed by atoms with E-state index in [1.165, 1.54) is 25.5 Å². The van der Waals surface area contributed by atoms with Crippen molar-refractivity contribution in [3.8, 4) is 0 Å².